The molecule has 0 saturated heterocycles. The van der Waals surface area contributed by atoms with Crippen molar-refractivity contribution in [2.75, 3.05) is 13.1 Å². The van der Waals surface area contributed by atoms with Crippen molar-refractivity contribution in [1.29, 1.82) is 0 Å². The first-order valence-corrected chi connectivity index (χ1v) is 10.6. The second-order valence-electron chi connectivity index (χ2n) is 6.78. The Morgan fingerprint density at radius 3 is 2.62 bits per heavy atom. The number of fused-ring (bicyclic) bond motifs is 1. The molecule has 2 unspecified atom stereocenters. The number of rotatable bonds is 4. The van der Waals surface area contributed by atoms with Crippen molar-refractivity contribution in [3.05, 3.63) is 65.7 Å². The van der Waals surface area contributed by atoms with Crippen LogP contribution in [0, 0.1) is 0 Å². The molecule has 5 nitrogen and oxygen atoms in total. The van der Waals surface area contributed by atoms with E-state index < -0.39 is 15.2 Å². The van der Waals surface area contributed by atoms with Gasteiger partial charge in [0, 0.05) is 12.5 Å². The first-order chi connectivity index (χ1) is 12.7. The predicted molar refractivity (Wildman–Crippen MR) is 103 cm³/mol. The largest absolute Gasteiger partial charge is 0.355 e. The summed E-state index contributed by atoms with van der Waals surface area (Å²) >= 11 is 0. The molecule has 26 heavy (non-hydrogen) atoms. The van der Waals surface area contributed by atoms with Gasteiger partial charge in [0.2, 0.25) is 0 Å². The monoisotopic (exact) mass is 369 g/mol. The molecule has 2 aromatic rings. The maximum Gasteiger partial charge on any atom is 0.199 e. The van der Waals surface area contributed by atoms with Crippen LogP contribution in [0.1, 0.15) is 29.9 Å². The summed E-state index contributed by atoms with van der Waals surface area (Å²) in [7, 11) is -3.56. The highest BCUT2D eigenvalue weighted by Crippen LogP contribution is 2.37. The minimum Gasteiger partial charge on any atom is -0.355 e. The number of aliphatic imine (C=N–C) groups is 1. The fraction of sp³-hybridized carbons (Fsp3) is 0.350. The van der Waals surface area contributed by atoms with E-state index in [-0.39, 0.29) is 5.92 Å². The van der Waals surface area contributed by atoms with Crippen LogP contribution in [0.4, 0.5) is 0 Å². The third kappa shape index (κ3) is 3.21. The third-order valence-corrected chi connectivity index (χ3v) is 7.18. The van der Waals surface area contributed by atoms with Crippen molar-refractivity contribution in [2.45, 2.75) is 35.4 Å². The fourth-order valence-electron chi connectivity index (χ4n) is 3.89. The molecule has 2 aliphatic rings. The lowest BCUT2D eigenvalue weighted by Crippen LogP contribution is -2.49. The summed E-state index contributed by atoms with van der Waals surface area (Å²) in [5, 5.41) is 5.62. The van der Waals surface area contributed by atoms with Crippen LogP contribution in [0.15, 0.2) is 64.5 Å². The molecule has 6 heteroatoms. The molecule has 0 radical (unpaired) electrons. The van der Waals surface area contributed by atoms with Crippen molar-refractivity contribution in [1.82, 2.24) is 10.6 Å². The van der Waals surface area contributed by atoms with Gasteiger partial charge in [-0.1, -0.05) is 42.5 Å². The van der Waals surface area contributed by atoms with E-state index in [1.165, 1.54) is 5.56 Å². The summed E-state index contributed by atoms with van der Waals surface area (Å²) in [6, 6.07) is 16.9. The van der Waals surface area contributed by atoms with Crippen molar-refractivity contribution in [3.63, 3.8) is 0 Å². The van der Waals surface area contributed by atoms with Crippen molar-refractivity contribution in [2.24, 2.45) is 4.99 Å². The van der Waals surface area contributed by atoms with Crippen LogP contribution in [-0.4, -0.2) is 32.8 Å². The molecule has 4 rings (SSSR count). The van der Waals surface area contributed by atoms with Crippen molar-refractivity contribution >= 4 is 15.8 Å². The number of hydrogen-bond acceptors (Lipinski definition) is 5. The average Bonchev–Trinajstić information content (AvgIpc) is 3.20. The van der Waals surface area contributed by atoms with Crippen molar-refractivity contribution in [3.8, 4) is 0 Å². The van der Waals surface area contributed by atoms with Crippen LogP contribution in [0.5, 0.6) is 0 Å². The van der Waals surface area contributed by atoms with Gasteiger partial charge in [0.1, 0.15) is 5.37 Å². The second kappa shape index (κ2) is 7.11. The zero-order chi connectivity index (χ0) is 18.0. The Morgan fingerprint density at radius 1 is 1.08 bits per heavy atom. The zero-order valence-electron chi connectivity index (χ0n) is 14.6. The quantitative estimate of drug-likeness (QED) is 0.869. The number of benzene rings is 2. The third-order valence-electron chi connectivity index (χ3n) is 5.14. The van der Waals surface area contributed by atoms with E-state index in [0.29, 0.717) is 17.4 Å². The maximum absolute atomic E-state index is 13.5. The number of sulfone groups is 1. The molecular formula is C20H23N3O2S. The van der Waals surface area contributed by atoms with E-state index in [2.05, 4.69) is 27.8 Å². The molecule has 0 aromatic heterocycles. The van der Waals surface area contributed by atoms with Gasteiger partial charge in [-0.05, 0) is 42.5 Å². The molecular weight excluding hydrogens is 346 g/mol. The number of hydrogen-bond donors (Lipinski definition) is 2. The van der Waals surface area contributed by atoms with Crippen molar-refractivity contribution < 1.29 is 8.42 Å². The Labute approximate surface area is 154 Å². The topological polar surface area (TPSA) is 70.6 Å². The number of aryl methyl sites for hydroxylation is 1. The van der Waals surface area contributed by atoms with E-state index in [9.17, 15) is 8.42 Å². The van der Waals surface area contributed by atoms with Gasteiger partial charge in [0.15, 0.2) is 15.8 Å². The summed E-state index contributed by atoms with van der Waals surface area (Å²) in [6.07, 6.45) is 2.84. The average molecular weight is 369 g/mol. The normalized spacial score (nSPS) is 20.6. The van der Waals surface area contributed by atoms with Gasteiger partial charge in [-0.25, -0.2) is 8.42 Å². The van der Waals surface area contributed by atoms with Gasteiger partial charge < -0.3 is 10.6 Å². The van der Waals surface area contributed by atoms with Crippen LogP contribution in [0.2, 0.25) is 0 Å². The molecule has 2 N–H and O–H groups in total. The van der Waals surface area contributed by atoms with Gasteiger partial charge in [0.05, 0.1) is 11.4 Å². The fourth-order valence-corrected chi connectivity index (χ4v) is 5.70. The number of nitrogens with zero attached hydrogens (tertiary/aromatic N) is 1. The zero-order valence-corrected chi connectivity index (χ0v) is 15.4. The predicted octanol–water partition coefficient (Wildman–Crippen LogP) is 2.46. The summed E-state index contributed by atoms with van der Waals surface area (Å²) in [4.78, 5) is 4.71. The summed E-state index contributed by atoms with van der Waals surface area (Å²) in [5.41, 5.74) is 2.38. The standard InChI is InChI=1S/C20H23N3O2S/c24-26(25,16-9-2-1-3-10-16)19(23-20-21-13-14-22-20)18-12-6-8-15-7-4-5-11-17(15)18/h1-5,7,9-11,18-19H,6,8,12-14H2,(H2,21,22,23). The maximum atomic E-state index is 13.5. The smallest absolute Gasteiger partial charge is 0.199 e. The summed E-state index contributed by atoms with van der Waals surface area (Å²) in [6.45, 7) is 1.41. The molecule has 1 heterocycles. The molecule has 0 fully saturated rings. The lowest BCUT2D eigenvalue weighted by Gasteiger charge is -2.33. The molecule has 1 aliphatic heterocycles. The Morgan fingerprint density at radius 2 is 1.85 bits per heavy atom. The highest BCUT2D eigenvalue weighted by atomic mass is 32.2. The Kier molecular flexibility index (Phi) is 4.68. The van der Waals surface area contributed by atoms with Crippen LogP contribution in [0.25, 0.3) is 0 Å². The molecule has 0 spiro atoms. The summed E-state index contributed by atoms with van der Waals surface area (Å²) in [5.74, 6) is 0.479. The summed E-state index contributed by atoms with van der Waals surface area (Å²) < 4.78 is 27.0. The van der Waals surface area contributed by atoms with E-state index >= 15 is 0 Å². The molecule has 2 aromatic carbocycles. The Balaban J connectivity index is 1.77. The second-order valence-corrected chi connectivity index (χ2v) is 8.85. The minimum atomic E-state index is -3.56. The minimum absolute atomic E-state index is 0.102. The first kappa shape index (κ1) is 17.1. The first-order valence-electron chi connectivity index (χ1n) is 9.08. The Hall–Kier alpha value is -2.34. The number of guanidine groups is 1. The molecule has 0 amide bonds. The van der Waals surface area contributed by atoms with Crippen LogP contribution in [0.3, 0.4) is 0 Å². The lowest BCUT2D eigenvalue weighted by atomic mass is 9.82. The van der Waals surface area contributed by atoms with Crippen LogP contribution < -0.4 is 10.6 Å². The van der Waals surface area contributed by atoms with Gasteiger partial charge in [0.25, 0.3) is 0 Å². The Bertz CT molecular complexity index is 910. The molecule has 136 valence electrons. The van der Waals surface area contributed by atoms with E-state index in [1.807, 2.05) is 18.2 Å². The van der Waals surface area contributed by atoms with E-state index in [1.54, 1.807) is 24.3 Å². The highest BCUT2D eigenvalue weighted by Gasteiger charge is 2.38. The van der Waals surface area contributed by atoms with Gasteiger partial charge >= 0.3 is 0 Å². The van der Waals surface area contributed by atoms with Crippen LogP contribution >= 0.6 is 0 Å². The van der Waals surface area contributed by atoms with Crippen LogP contribution in [-0.2, 0) is 16.3 Å². The number of nitrogens with one attached hydrogen (secondary N) is 2. The molecule has 0 saturated carbocycles. The van der Waals surface area contributed by atoms with E-state index in [0.717, 1.165) is 31.4 Å². The molecule has 0 bridgehead atoms. The van der Waals surface area contributed by atoms with Gasteiger partial charge in [-0.2, -0.15) is 0 Å². The molecule has 2 atom stereocenters. The SMILES string of the molecule is O=S(=O)(c1ccccc1)C(NC1=NCCN1)C1CCCc2ccccc21. The molecule has 1 aliphatic carbocycles. The highest BCUT2D eigenvalue weighted by molar-refractivity contribution is 7.92. The van der Waals surface area contributed by atoms with E-state index in [4.69, 9.17) is 0 Å². The lowest BCUT2D eigenvalue weighted by molar-refractivity contribution is 0.484. The van der Waals surface area contributed by atoms with Gasteiger partial charge in [-0.3, -0.25) is 4.99 Å². The van der Waals surface area contributed by atoms with Gasteiger partial charge in [-0.15, -0.1) is 0 Å².